The Kier molecular flexibility index (Phi) is 30.3. The first-order valence-electron chi connectivity index (χ1n) is 29.9. The molecule has 5 heterocycles. The Morgan fingerprint density at radius 3 is 1.59 bits per heavy atom. The summed E-state index contributed by atoms with van der Waals surface area (Å²) in [7, 11) is -1.30. The number of ether oxygens (including phenoxy) is 5. The van der Waals surface area contributed by atoms with E-state index in [1.54, 1.807) is 52.6 Å². The van der Waals surface area contributed by atoms with Gasteiger partial charge in [0.2, 0.25) is 23.6 Å². The van der Waals surface area contributed by atoms with Crippen molar-refractivity contribution in [3.63, 3.8) is 0 Å². The van der Waals surface area contributed by atoms with E-state index < -0.39 is 25.0 Å². The number of amides is 2. The van der Waals surface area contributed by atoms with Gasteiger partial charge in [-0.05, 0) is 134 Å². The number of nitrogens with one attached hydrogen (secondary N) is 2. The third kappa shape index (κ3) is 23.5. The van der Waals surface area contributed by atoms with Gasteiger partial charge >= 0.3 is 25.0 Å². The van der Waals surface area contributed by atoms with Crippen LogP contribution in [-0.2, 0) is 80.4 Å². The van der Waals surface area contributed by atoms with Crippen LogP contribution in [0.2, 0.25) is 0 Å². The molecule has 11 rings (SSSR count). The molecule has 1 radical (unpaired) electrons. The number of aromatic nitrogens is 4. The van der Waals surface area contributed by atoms with E-state index in [-0.39, 0.29) is 103 Å². The number of hydrogen-bond acceptors (Lipinski definition) is 17. The molecule has 20 nitrogen and oxygen atoms in total. The SMILES string of the molecule is CCOC(=O)c1cc(OCc2ccccc2I)n(CC(=O)N[C@H]2CCCC[C@@H]2OCc2ccccc2)n1.O=C(Cn1nc(C(=O)O)cc1OCc1ccccc1-c1ccsc1)N[C@H]1CCCC[C@@H]1OCc1ccccc1.O=C(O)c1cccs1.OB(O)c1ccsc1.[Cu]. The molecule has 0 bridgehead atoms. The third-order valence-electron chi connectivity index (χ3n) is 14.6. The Hall–Kier alpha value is -7.50. The maximum absolute atomic E-state index is 13.1. The van der Waals surface area contributed by atoms with Gasteiger partial charge in [0.1, 0.15) is 31.2 Å². The zero-order chi connectivity index (χ0) is 65.0. The number of rotatable bonds is 24. The topological polar surface area (TPSA) is 272 Å². The number of carbonyl (C=O) groups is 5. The summed E-state index contributed by atoms with van der Waals surface area (Å²) in [5, 5.41) is 58.7. The van der Waals surface area contributed by atoms with Crippen LogP contribution in [0, 0.1) is 3.57 Å². The number of nitrogens with zero attached hydrogens (tertiary/aromatic N) is 4. The number of carboxylic acids is 2. The second kappa shape index (κ2) is 38.6. The van der Waals surface area contributed by atoms with Gasteiger partial charge in [0.25, 0.3) is 0 Å². The molecule has 0 unspecified atom stereocenters. The predicted molar refractivity (Wildman–Crippen MR) is 361 cm³/mol. The van der Waals surface area contributed by atoms with E-state index in [0.717, 1.165) is 88.3 Å². The van der Waals surface area contributed by atoms with Crippen molar-refractivity contribution in [1.29, 1.82) is 0 Å². The monoisotopic (exact) mass is 1480 g/mol. The summed E-state index contributed by atoms with van der Waals surface area (Å²) in [6, 6.07) is 45.5. The second-order valence-corrected chi connectivity index (χ2v) is 24.9. The molecule has 4 aromatic carbocycles. The molecule has 0 saturated heterocycles. The molecule has 6 N–H and O–H groups in total. The number of halogens is 1. The van der Waals surface area contributed by atoms with Crippen molar-refractivity contribution in [2.45, 2.75) is 122 Å². The van der Waals surface area contributed by atoms with E-state index >= 15 is 0 Å². The first-order valence-corrected chi connectivity index (χ1v) is 33.8. The van der Waals surface area contributed by atoms with Crippen LogP contribution in [0.15, 0.2) is 172 Å². The Morgan fingerprint density at radius 1 is 0.591 bits per heavy atom. The fraction of sp³-hybridized carbons (Fsp3) is 0.299. The summed E-state index contributed by atoms with van der Waals surface area (Å²) in [6.07, 6.45) is 7.50. The quantitative estimate of drug-likeness (QED) is 0.0186. The Bertz CT molecular complexity index is 3710. The van der Waals surface area contributed by atoms with Crippen LogP contribution in [0.3, 0.4) is 0 Å². The van der Waals surface area contributed by atoms with Crippen molar-refractivity contribution in [2.24, 2.45) is 0 Å². The molecule has 493 valence electrons. The second-order valence-electron chi connectivity index (χ2n) is 21.2. The van der Waals surface area contributed by atoms with Crippen molar-refractivity contribution < 1.29 is 85.0 Å². The number of carbonyl (C=O) groups excluding carboxylic acids is 3. The van der Waals surface area contributed by atoms with Gasteiger partial charge in [-0.1, -0.05) is 141 Å². The van der Waals surface area contributed by atoms with Gasteiger partial charge in [-0.25, -0.2) is 23.7 Å². The number of aromatic carboxylic acids is 2. The van der Waals surface area contributed by atoms with Crippen LogP contribution in [-0.4, -0.2) is 108 Å². The largest absolute Gasteiger partial charge is 0.489 e. The fourth-order valence-corrected chi connectivity index (χ4v) is 12.4. The van der Waals surface area contributed by atoms with E-state index in [1.165, 1.54) is 44.2 Å². The molecule has 93 heavy (non-hydrogen) atoms. The summed E-state index contributed by atoms with van der Waals surface area (Å²) in [5.74, 6) is -2.50. The first kappa shape index (κ1) is 72.9. The van der Waals surface area contributed by atoms with Crippen LogP contribution >= 0.6 is 56.6 Å². The number of thiophene rings is 3. The molecule has 2 saturated carbocycles. The molecule has 2 aliphatic rings. The average Bonchev–Trinajstić information content (AvgIpc) is 1.88. The molecular weight excluding hydrogens is 1410 g/mol. The van der Waals surface area contributed by atoms with Crippen LogP contribution in [0.25, 0.3) is 11.1 Å². The summed E-state index contributed by atoms with van der Waals surface area (Å²) >= 11 is 6.54. The van der Waals surface area contributed by atoms with Crippen LogP contribution in [0.5, 0.6) is 11.8 Å². The predicted octanol–water partition coefficient (Wildman–Crippen LogP) is 11.3. The molecule has 2 amide bonds. The minimum absolute atomic E-state index is 0. The molecule has 9 aromatic rings. The van der Waals surface area contributed by atoms with E-state index in [1.807, 2.05) is 121 Å². The standard InChI is InChI=1S/C30H31N3O5S.C28H32IN3O5.C5H4O2S.C4H5BO2S.Cu/c34-28(31-25-12-6-7-13-27(25)37-18-21-8-2-1-3-9-21)17-33-29(16-26(32-33)30(35)36)38-19-22-10-4-5-11-24(22)23-14-15-39-20-23;1-2-35-28(34)24-16-27(37-19-21-12-6-7-13-22(21)29)32(31-24)17-26(33)30-23-14-8-9-15-25(23)36-18-20-10-4-3-5-11-20;6-5(7)4-2-1-3-8-4;6-5(7)4-1-2-8-3-4;/h1-5,8-11,14-16,20,25,27H,6-7,12-13,17-19H2,(H,31,34)(H,35,36);3-7,10-13,16,23,25H,2,8-9,14-15,17-19H2,1H3,(H,30,33);1-3H,(H,6,7);1-3,6-7H;/t25-,27-;23-,25-;;;/m00.../s1. The van der Waals surface area contributed by atoms with E-state index in [9.17, 15) is 29.1 Å². The van der Waals surface area contributed by atoms with Crippen molar-refractivity contribution in [1.82, 2.24) is 30.2 Å². The average molecular weight is 1480 g/mol. The number of hydrogen-bond donors (Lipinski definition) is 6. The van der Waals surface area contributed by atoms with E-state index in [4.69, 9.17) is 38.8 Å². The minimum Gasteiger partial charge on any atom is -0.477 e. The van der Waals surface area contributed by atoms with Crippen molar-refractivity contribution in [3.8, 4) is 22.9 Å². The Morgan fingerprint density at radius 2 is 1.11 bits per heavy atom. The molecule has 0 aliphatic heterocycles. The van der Waals surface area contributed by atoms with Gasteiger partial charge < -0.3 is 54.6 Å². The Balaban J connectivity index is 0.000000210. The van der Waals surface area contributed by atoms with Crippen LogP contribution in [0.4, 0.5) is 0 Å². The van der Waals surface area contributed by atoms with E-state index in [0.29, 0.717) is 29.4 Å². The van der Waals surface area contributed by atoms with E-state index in [2.05, 4.69) is 48.8 Å². The molecular formula is C67H72BCuIN6O14S3. The van der Waals surface area contributed by atoms with Gasteiger partial charge in [-0.3, -0.25) is 9.59 Å². The maximum atomic E-state index is 13.1. The fourth-order valence-electron chi connectivity index (χ4n) is 10.0. The zero-order valence-corrected chi connectivity index (χ0v) is 56.3. The third-order valence-corrected chi connectivity index (χ3v) is 17.9. The molecule has 2 fully saturated rings. The summed E-state index contributed by atoms with van der Waals surface area (Å²) in [6.45, 7) is 3.22. The minimum atomic E-state index is -1.30. The first-order chi connectivity index (χ1) is 44.7. The summed E-state index contributed by atoms with van der Waals surface area (Å²) in [4.78, 5) is 60.6. The van der Waals surface area contributed by atoms with Crippen LogP contribution < -0.4 is 25.6 Å². The maximum Gasteiger partial charge on any atom is 0.489 e. The number of benzene rings is 4. The van der Waals surface area contributed by atoms with Gasteiger partial charge in [-0.2, -0.15) is 32.9 Å². The summed E-state index contributed by atoms with van der Waals surface area (Å²) in [5.41, 5.74) is 6.78. The smallest absolute Gasteiger partial charge is 0.477 e. The van der Waals surface area contributed by atoms with Gasteiger partial charge in [0, 0.05) is 38.3 Å². The van der Waals surface area contributed by atoms with Crippen molar-refractivity contribution in [2.75, 3.05) is 6.61 Å². The van der Waals surface area contributed by atoms with Crippen molar-refractivity contribution in [3.05, 3.63) is 215 Å². The van der Waals surface area contributed by atoms with Crippen molar-refractivity contribution >= 4 is 98.9 Å². The molecule has 5 aromatic heterocycles. The molecule has 2 aliphatic carbocycles. The molecule has 4 atom stereocenters. The van der Waals surface area contributed by atoms with Gasteiger partial charge in [0.05, 0.1) is 44.1 Å². The summed E-state index contributed by atoms with van der Waals surface area (Å²) < 4.78 is 33.3. The normalized spacial score (nSPS) is 15.6. The molecule has 26 heteroatoms. The Labute approximate surface area is 576 Å². The van der Waals surface area contributed by atoms with Gasteiger partial charge in [0.15, 0.2) is 11.4 Å². The number of esters is 1. The zero-order valence-electron chi connectivity index (χ0n) is 50.8. The number of carboxylic acid groups (broad SMARTS) is 2. The van der Waals surface area contributed by atoms with Crippen LogP contribution in [0.1, 0.15) is 111 Å². The molecule has 0 spiro atoms. The van der Waals surface area contributed by atoms with Gasteiger partial charge in [-0.15, -0.1) is 11.3 Å².